The van der Waals surface area contributed by atoms with Crippen LogP contribution in [-0.4, -0.2) is 16.2 Å². The van der Waals surface area contributed by atoms with Gasteiger partial charge < -0.3 is 10.2 Å². The first kappa shape index (κ1) is 14.8. The van der Waals surface area contributed by atoms with Crippen LogP contribution in [0.25, 0.3) is 11.1 Å². The van der Waals surface area contributed by atoms with Crippen molar-refractivity contribution in [3.8, 4) is 11.1 Å². The largest absolute Gasteiger partial charge is 0.479 e. The Morgan fingerprint density at radius 3 is 2.45 bits per heavy atom. The molecule has 20 heavy (non-hydrogen) atoms. The highest BCUT2D eigenvalue weighted by molar-refractivity contribution is 6.42. The van der Waals surface area contributed by atoms with Gasteiger partial charge in [0.2, 0.25) is 0 Å². The summed E-state index contributed by atoms with van der Waals surface area (Å²) in [6, 6.07) is 8.69. The zero-order valence-electron chi connectivity index (χ0n) is 9.98. The molecule has 0 aromatic heterocycles. The van der Waals surface area contributed by atoms with Crippen LogP contribution in [0.4, 0.5) is 4.39 Å². The summed E-state index contributed by atoms with van der Waals surface area (Å²) in [5.74, 6) is -2.32. The molecule has 0 saturated carbocycles. The van der Waals surface area contributed by atoms with Gasteiger partial charge in [-0.2, -0.15) is 0 Å². The molecule has 0 spiro atoms. The maximum Gasteiger partial charge on any atom is 0.337 e. The zero-order valence-corrected chi connectivity index (χ0v) is 11.5. The summed E-state index contributed by atoms with van der Waals surface area (Å²) in [5.41, 5.74) is 0.277. The van der Waals surface area contributed by atoms with Crippen molar-refractivity contribution in [2.24, 2.45) is 0 Å². The van der Waals surface area contributed by atoms with Gasteiger partial charge in [0.1, 0.15) is 5.82 Å². The second kappa shape index (κ2) is 5.79. The van der Waals surface area contributed by atoms with Gasteiger partial charge in [-0.1, -0.05) is 47.5 Å². The highest BCUT2D eigenvalue weighted by atomic mass is 35.5. The lowest BCUT2D eigenvalue weighted by atomic mass is 9.99. The Morgan fingerprint density at radius 2 is 1.85 bits per heavy atom. The molecule has 1 atom stereocenters. The van der Waals surface area contributed by atoms with Crippen molar-refractivity contribution in [1.29, 1.82) is 0 Å². The van der Waals surface area contributed by atoms with Gasteiger partial charge >= 0.3 is 5.97 Å². The summed E-state index contributed by atoms with van der Waals surface area (Å²) < 4.78 is 14.3. The number of halogens is 3. The van der Waals surface area contributed by atoms with Crippen LogP contribution in [0.5, 0.6) is 0 Å². The summed E-state index contributed by atoms with van der Waals surface area (Å²) >= 11 is 11.7. The van der Waals surface area contributed by atoms with E-state index in [1.54, 1.807) is 6.07 Å². The highest BCUT2D eigenvalue weighted by Crippen LogP contribution is 2.32. The van der Waals surface area contributed by atoms with Crippen molar-refractivity contribution in [2.45, 2.75) is 6.10 Å². The predicted octanol–water partition coefficient (Wildman–Crippen LogP) is 3.92. The first-order valence-electron chi connectivity index (χ1n) is 5.56. The molecule has 2 aromatic rings. The number of carboxylic acid groups (broad SMARTS) is 1. The monoisotopic (exact) mass is 314 g/mol. The van der Waals surface area contributed by atoms with E-state index in [1.165, 1.54) is 30.3 Å². The Morgan fingerprint density at radius 1 is 1.15 bits per heavy atom. The summed E-state index contributed by atoms with van der Waals surface area (Å²) in [7, 11) is 0. The fraction of sp³-hybridized carbons (Fsp3) is 0.0714. The van der Waals surface area contributed by atoms with E-state index in [0.29, 0.717) is 10.6 Å². The van der Waals surface area contributed by atoms with Crippen molar-refractivity contribution in [3.63, 3.8) is 0 Å². The summed E-state index contributed by atoms with van der Waals surface area (Å²) in [6.45, 7) is 0. The molecule has 0 fully saturated rings. The molecule has 2 rings (SSSR count). The number of rotatable bonds is 3. The topological polar surface area (TPSA) is 57.5 Å². The lowest BCUT2D eigenvalue weighted by Crippen LogP contribution is -2.12. The molecule has 0 aliphatic rings. The van der Waals surface area contributed by atoms with Gasteiger partial charge in [-0.3, -0.25) is 0 Å². The number of aliphatic hydroxyl groups excluding tert-OH is 1. The van der Waals surface area contributed by atoms with Gasteiger partial charge in [0.05, 0.1) is 10.0 Å². The van der Waals surface area contributed by atoms with E-state index in [2.05, 4.69) is 0 Å². The zero-order chi connectivity index (χ0) is 14.9. The van der Waals surface area contributed by atoms with E-state index in [4.69, 9.17) is 28.3 Å². The number of carbonyl (C=O) groups is 1. The first-order chi connectivity index (χ1) is 9.41. The molecule has 6 heteroatoms. The molecular weight excluding hydrogens is 306 g/mol. The molecule has 2 aromatic carbocycles. The van der Waals surface area contributed by atoms with E-state index in [1.807, 2.05) is 0 Å². The lowest BCUT2D eigenvalue weighted by molar-refractivity contribution is -0.147. The molecule has 2 N–H and O–H groups in total. The maximum atomic E-state index is 14.3. The maximum absolute atomic E-state index is 14.3. The second-order valence-corrected chi connectivity index (χ2v) is 4.89. The van der Waals surface area contributed by atoms with Crippen LogP contribution >= 0.6 is 23.2 Å². The second-order valence-electron chi connectivity index (χ2n) is 4.08. The third-order valence-electron chi connectivity index (χ3n) is 2.79. The molecule has 1 unspecified atom stereocenters. The Balaban J connectivity index is 2.55. The van der Waals surface area contributed by atoms with Crippen LogP contribution in [0.3, 0.4) is 0 Å². The number of hydrogen-bond donors (Lipinski definition) is 2. The molecule has 0 aliphatic heterocycles. The average Bonchev–Trinajstić information content (AvgIpc) is 2.41. The van der Waals surface area contributed by atoms with Crippen molar-refractivity contribution in [2.75, 3.05) is 0 Å². The fourth-order valence-electron chi connectivity index (χ4n) is 1.78. The highest BCUT2D eigenvalue weighted by Gasteiger charge is 2.22. The third-order valence-corrected chi connectivity index (χ3v) is 3.53. The smallest absolute Gasteiger partial charge is 0.337 e. The average molecular weight is 315 g/mol. The lowest BCUT2D eigenvalue weighted by Gasteiger charge is -2.11. The van der Waals surface area contributed by atoms with Crippen LogP contribution in [0, 0.1) is 5.82 Å². The van der Waals surface area contributed by atoms with E-state index >= 15 is 0 Å². The SMILES string of the molecule is O=C(O)C(O)c1cccc(-c2ccc(Cl)c(Cl)c2)c1F. The van der Waals surface area contributed by atoms with Gasteiger partial charge in [0, 0.05) is 11.1 Å². The minimum Gasteiger partial charge on any atom is -0.479 e. The van der Waals surface area contributed by atoms with Gasteiger partial charge in [0.25, 0.3) is 0 Å². The van der Waals surface area contributed by atoms with Crippen molar-refractivity contribution >= 4 is 29.2 Å². The standard InChI is InChI=1S/C14H9Cl2FO3/c15-10-5-4-7(6-11(10)16)8-2-1-3-9(12(8)17)13(18)14(19)20/h1-6,13,18H,(H,19,20). The molecule has 3 nitrogen and oxygen atoms in total. The third kappa shape index (κ3) is 2.77. The van der Waals surface area contributed by atoms with Gasteiger partial charge in [0.15, 0.2) is 6.10 Å². The Labute approximate surface area is 124 Å². The van der Waals surface area contributed by atoms with Crippen LogP contribution < -0.4 is 0 Å². The number of benzene rings is 2. The molecule has 0 radical (unpaired) electrons. The Hall–Kier alpha value is -1.62. The summed E-state index contributed by atoms with van der Waals surface area (Å²) in [5, 5.41) is 18.8. The quantitative estimate of drug-likeness (QED) is 0.902. The van der Waals surface area contributed by atoms with Gasteiger partial charge in [-0.25, -0.2) is 9.18 Å². The van der Waals surface area contributed by atoms with Crippen LogP contribution in [0.2, 0.25) is 10.0 Å². The van der Waals surface area contributed by atoms with E-state index < -0.39 is 17.9 Å². The normalized spacial score (nSPS) is 12.2. The number of hydrogen-bond acceptors (Lipinski definition) is 2. The Bertz CT molecular complexity index is 673. The van der Waals surface area contributed by atoms with Crippen LogP contribution in [0.1, 0.15) is 11.7 Å². The van der Waals surface area contributed by atoms with Crippen molar-refractivity contribution in [1.82, 2.24) is 0 Å². The van der Waals surface area contributed by atoms with E-state index in [9.17, 15) is 14.3 Å². The first-order valence-corrected chi connectivity index (χ1v) is 6.32. The summed E-state index contributed by atoms with van der Waals surface area (Å²) in [4.78, 5) is 10.7. The fourth-order valence-corrected chi connectivity index (χ4v) is 2.08. The van der Waals surface area contributed by atoms with E-state index in [0.717, 1.165) is 0 Å². The van der Waals surface area contributed by atoms with Gasteiger partial charge in [-0.15, -0.1) is 0 Å². The molecule has 0 aliphatic carbocycles. The Kier molecular flexibility index (Phi) is 4.28. The molecule has 0 bridgehead atoms. The molecule has 0 saturated heterocycles. The molecule has 0 amide bonds. The van der Waals surface area contributed by atoms with Crippen molar-refractivity contribution in [3.05, 3.63) is 57.8 Å². The predicted molar refractivity (Wildman–Crippen MR) is 74.5 cm³/mol. The van der Waals surface area contributed by atoms with Crippen molar-refractivity contribution < 1.29 is 19.4 Å². The summed E-state index contributed by atoms with van der Waals surface area (Å²) in [6.07, 6.45) is -1.92. The minimum absolute atomic E-state index is 0.140. The van der Waals surface area contributed by atoms with E-state index in [-0.39, 0.29) is 16.1 Å². The number of carboxylic acids is 1. The number of aliphatic hydroxyl groups is 1. The molecular formula is C14H9Cl2FO3. The molecule has 0 heterocycles. The minimum atomic E-state index is -1.92. The van der Waals surface area contributed by atoms with Crippen LogP contribution in [-0.2, 0) is 4.79 Å². The van der Waals surface area contributed by atoms with Gasteiger partial charge in [-0.05, 0) is 17.7 Å². The number of aliphatic carboxylic acids is 1. The molecule has 104 valence electrons. The van der Waals surface area contributed by atoms with Crippen LogP contribution in [0.15, 0.2) is 36.4 Å².